The standard InChI is InChI=1S/C17H22N2O4/c1-11(18-16(20)7-5-13-3-2-8-22-13)12-4-6-15-14(9-12)19-17(21)10-23-15/h4,6,9,11,13H,2-3,5,7-8,10H2,1H3,(H,18,20)(H,19,21)/t11-,13-/m1/s1. The van der Waals surface area contributed by atoms with Crippen molar-refractivity contribution in [2.75, 3.05) is 18.5 Å². The van der Waals surface area contributed by atoms with Crippen LogP contribution in [-0.2, 0) is 14.3 Å². The Morgan fingerprint density at radius 3 is 3.13 bits per heavy atom. The van der Waals surface area contributed by atoms with E-state index >= 15 is 0 Å². The molecular formula is C17H22N2O4. The smallest absolute Gasteiger partial charge is 0.262 e. The van der Waals surface area contributed by atoms with Crippen LogP contribution in [0.4, 0.5) is 5.69 Å². The highest BCUT2D eigenvalue weighted by atomic mass is 16.5. The van der Waals surface area contributed by atoms with Gasteiger partial charge < -0.3 is 20.1 Å². The molecule has 6 heteroatoms. The van der Waals surface area contributed by atoms with Crippen molar-refractivity contribution in [3.8, 4) is 5.75 Å². The highest BCUT2D eigenvalue weighted by Gasteiger charge is 2.20. The van der Waals surface area contributed by atoms with E-state index in [1.807, 2.05) is 25.1 Å². The second kappa shape index (κ2) is 7.00. The maximum atomic E-state index is 12.1. The van der Waals surface area contributed by atoms with Crippen molar-refractivity contribution in [2.24, 2.45) is 0 Å². The van der Waals surface area contributed by atoms with Gasteiger partial charge in [-0.3, -0.25) is 9.59 Å². The topological polar surface area (TPSA) is 76.7 Å². The molecule has 1 aromatic carbocycles. The fraction of sp³-hybridized carbons (Fsp3) is 0.529. The molecule has 2 atom stereocenters. The number of hydrogen-bond donors (Lipinski definition) is 2. The summed E-state index contributed by atoms with van der Waals surface area (Å²) in [6, 6.07) is 5.44. The number of fused-ring (bicyclic) bond motifs is 1. The fourth-order valence-corrected chi connectivity index (χ4v) is 2.93. The maximum Gasteiger partial charge on any atom is 0.262 e. The number of nitrogens with one attached hydrogen (secondary N) is 2. The molecule has 1 aromatic rings. The van der Waals surface area contributed by atoms with Crippen LogP contribution in [0.2, 0.25) is 0 Å². The second-order valence-corrected chi connectivity index (χ2v) is 6.06. The summed E-state index contributed by atoms with van der Waals surface area (Å²) >= 11 is 0. The van der Waals surface area contributed by atoms with E-state index in [1.165, 1.54) is 0 Å². The van der Waals surface area contributed by atoms with Gasteiger partial charge in [-0.1, -0.05) is 6.07 Å². The van der Waals surface area contributed by atoms with Crippen LogP contribution in [-0.4, -0.2) is 31.1 Å². The molecule has 2 N–H and O–H groups in total. The minimum atomic E-state index is -0.164. The number of carbonyl (C=O) groups excluding carboxylic acids is 2. The van der Waals surface area contributed by atoms with Gasteiger partial charge in [0.15, 0.2) is 6.61 Å². The van der Waals surface area contributed by atoms with E-state index in [0.29, 0.717) is 17.9 Å². The molecule has 6 nitrogen and oxygen atoms in total. The van der Waals surface area contributed by atoms with Gasteiger partial charge in [-0.05, 0) is 43.9 Å². The van der Waals surface area contributed by atoms with E-state index in [1.54, 1.807) is 0 Å². The van der Waals surface area contributed by atoms with Gasteiger partial charge in [0.2, 0.25) is 5.91 Å². The summed E-state index contributed by atoms with van der Waals surface area (Å²) in [6.07, 6.45) is 3.61. The summed E-state index contributed by atoms with van der Waals surface area (Å²) in [5, 5.41) is 5.77. The van der Waals surface area contributed by atoms with E-state index < -0.39 is 0 Å². The predicted molar refractivity (Wildman–Crippen MR) is 85.3 cm³/mol. The zero-order valence-corrected chi connectivity index (χ0v) is 13.3. The summed E-state index contributed by atoms with van der Waals surface area (Å²) in [4.78, 5) is 23.4. The van der Waals surface area contributed by atoms with Crippen molar-refractivity contribution in [3.05, 3.63) is 23.8 Å². The number of hydrogen-bond acceptors (Lipinski definition) is 4. The molecule has 2 amide bonds. The molecule has 124 valence electrons. The lowest BCUT2D eigenvalue weighted by atomic mass is 10.1. The molecule has 0 radical (unpaired) electrons. The van der Waals surface area contributed by atoms with Gasteiger partial charge in [-0.2, -0.15) is 0 Å². The zero-order chi connectivity index (χ0) is 16.2. The molecule has 2 heterocycles. The largest absolute Gasteiger partial charge is 0.482 e. The number of rotatable bonds is 5. The van der Waals surface area contributed by atoms with Crippen molar-refractivity contribution in [1.82, 2.24) is 5.32 Å². The number of carbonyl (C=O) groups is 2. The molecule has 1 fully saturated rings. The molecule has 23 heavy (non-hydrogen) atoms. The molecule has 0 aromatic heterocycles. The van der Waals surface area contributed by atoms with Gasteiger partial charge in [0.05, 0.1) is 17.8 Å². The van der Waals surface area contributed by atoms with Gasteiger partial charge in [-0.25, -0.2) is 0 Å². The molecular weight excluding hydrogens is 296 g/mol. The summed E-state index contributed by atoms with van der Waals surface area (Å²) in [6.45, 7) is 2.78. The Morgan fingerprint density at radius 1 is 1.48 bits per heavy atom. The zero-order valence-electron chi connectivity index (χ0n) is 13.3. The van der Waals surface area contributed by atoms with Gasteiger partial charge in [0.25, 0.3) is 5.91 Å². The molecule has 2 aliphatic rings. The molecule has 0 spiro atoms. The van der Waals surface area contributed by atoms with Gasteiger partial charge in [-0.15, -0.1) is 0 Å². The van der Waals surface area contributed by atoms with Crippen LogP contribution in [0.5, 0.6) is 5.75 Å². The van der Waals surface area contributed by atoms with Crippen LogP contribution in [0.15, 0.2) is 18.2 Å². The lowest BCUT2D eigenvalue weighted by molar-refractivity contribution is -0.122. The molecule has 0 saturated carbocycles. The fourth-order valence-electron chi connectivity index (χ4n) is 2.93. The number of benzene rings is 1. The van der Waals surface area contributed by atoms with Crippen LogP contribution >= 0.6 is 0 Å². The lowest BCUT2D eigenvalue weighted by Gasteiger charge is -2.21. The van der Waals surface area contributed by atoms with Crippen LogP contribution in [0.3, 0.4) is 0 Å². The molecule has 3 rings (SSSR count). The third-order valence-electron chi connectivity index (χ3n) is 4.23. The average molecular weight is 318 g/mol. The molecule has 2 aliphatic heterocycles. The Bertz CT molecular complexity index is 596. The van der Waals surface area contributed by atoms with Gasteiger partial charge in [0, 0.05) is 13.0 Å². The average Bonchev–Trinajstić information content (AvgIpc) is 3.05. The molecule has 0 unspecified atom stereocenters. The van der Waals surface area contributed by atoms with E-state index in [2.05, 4.69) is 10.6 Å². The van der Waals surface area contributed by atoms with Crippen molar-refractivity contribution in [3.63, 3.8) is 0 Å². The summed E-state index contributed by atoms with van der Waals surface area (Å²) in [7, 11) is 0. The highest BCUT2D eigenvalue weighted by Crippen LogP contribution is 2.30. The quantitative estimate of drug-likeness (QED) is 0.872. The Hall–Kier alpha value is -2.08. The first-order chi connectivity index (χ1) is 11.1. The molecule has 0 aliphatic carbocycles. The van der Waals surface area contributed by atoms with Crippen LogP contribution in [0.1, 0.15) is 44.2 Å². The van der Waals surface area contributed by atoms with Crippen molar-refractivity contribution < 1.29 is 19.1 Å². The second-order valence-electron chi connectivity index (χ2n) is 6.06. The maximum absolute atomic E-state index is 12.1. The van der Waals surface area contributed by atoms with E-state index in [4.69, 9.17) is 9.47 Å². The Kier molecular flexibility index (Phi) is 4.81. The summed E-state index contributed by atoms with van der Waals surface area (Å²) in [5.41, 5.74) is 1.58. The highest BCUT2D eigenvalue weighted by molar-refractivity contribution is 5.95. The summed E-state index contributed by atoms with van der Waals surface area (Å²) in [5.74, 6) is 0.513. The Labute approximate surface area is 135 Å². The first kappa shape index (κ1) is 15.8. The minimum Gasteiger partial charge on any atom is -0.482 e. The monoisotopic (exact) mass is 318 g/mol. The van der Waals surface area contributed by atoms with E-state index in [0.717, 1.165) is 31.4 Å². The van der Waals surface area contributed by atoms with Crippen molar-refractivity contribution in [1.29, 1.82) is 0 Å². The van der Waals surface area contributed by atoms with E-state index in [-0.39, 0.29) is 30.6 Å². The normalized spacial score (nSPS) is 21.1. The number of amides is 2. The SMILES string of the molecule is C[C@@H](NC(=O)CC[C@H]1CCCO1)c1ccc2c(c1)NC(=O)CO2. The van der Waals surface area contributed by atoms with Crippen LogP contribution < -0.4 is 15.4 Å². The summed E-state index contributed by atoms with van der Waals surface area (Å²) < 4.78 is 10.9. The van der Waals surface area contributed by atoms with Crippen LogP contribution in [0, 0.1) is 0 Å². The minimum absolute atomic E-state index is 0.0195. The first-order valence-corrected chi connectivity index (χ1v) is 8.09. The number of anilines is 1. The van der Waals surface area contributed by atoms with E-state index in [9.17, 15) is 9.59 Å². The van der Waals surface area contributed by atoms with Gasteiger partial charge >= 0.3 is 0 Å². The first-order valence-electron chi connectivity index (χ1n) is 8.09. The number of ether oxygens (including phenoxy) is 2. The molecule has 0 bridgehead atoms. The predicted octanol–water partition coefficient (Wildman–Crippen LogP) is 2.15. The lowest BCUT2D eigenvalue weighted by Crippen LogP contribution is -2.28. The van der Waals surface area contributed by atoms with Crippen molar-refractivity contribution in [2.45, 2.75) is 44.8 Å². The van der Waals surface area contributed by atoms with Gasteiger partial charge in [0.1, 0.15) is 5.75 Å². The third kappa shape index (κ3) is 4.01. The molecule has 1 saturated heterocycles. The van der Waals surface area contributed by atoms with Crippen molar-refractivity contribution >= 4 is 17.5 Å². The van der Waals surface area contributed by atoms with Crippen LogP contribution in [0.25, 0.3) is 0 Å². The Morgan fingerprint density at radius 2 is 2.35 bits per heavy atom. The third-order valence-corrected chi connectivity index (χ3v) is 4.23. The Balaban J connectivity index is 1.55.